The normalized spacial score (nSPS) is 18.0. The smallest absolute Gasteiger partial charge is 0.324 e. The van der Waals surface area contributed by atoms with Gasteiger partial charge in [0, 0.05) is 13.0 Å². The quantitative estimate of drug-likeness (QED) is 0.771. The van der Waals surface area contributed by atoms with Gasteiger partial charge in [0.25, 0.3) is 5.91 Å². The molecule has 2 rings (SSSR count). The minimum atomic E-state index is -1.01. The van der Waals surface area contributed by atoms with Gasteiger partial charge in [-0.25, -0.2) is 9.18 Å². The second kappa shape index (κ2) is 6.34. The average molecular weight is 294 g/mol. The van der Waals surface area contributed by atoms with Crippen molar-refractivity contribution in [3.8, 4) is 0 Å². The summed E-state index contributed by atoms with van der Waals surface area (Å²) in [5.74, 6) is -1.77. The summed E-state index contributed by atoms with van der Waals surface area (Å²) in [6, 6.07) is 4.53. The molecule has 0 aromatic heterocycles. The summed E-state index contributed by atoms with van der Waals surface area (Å²) < 4.78 is 12.8. The molecule has 0 radical (unpaired) electrons. The fourth-order valence-corrected chi connectivity index (χ4v) is 2.14. The highest BCUT2D eigenvalue weighted by Gasteiger charge is 2.37. The number of carboxylic acids is 1. The lowest BCUT2D eigenvalue weighted by atomic mass is 10.1. The first-order valence-corrected chi connectivity index (χ1v) is 6.55. The molecule has 0 aliphatic carbocycles. The zero-order valence-electron chi connectivity index (χ0n) is 11.2. The number of halogens is 1. The van der Waals surface area contributed by atoms with Gasteiger partial charge in [0.2, 0.25) is 0 Å². The Balaban J connectivity index is 1.91. The minimum Gasteiger partial charge on any atom is -0.481 e. The van der Waals surface area contributed by atoms with Gasteiger partial charge >= 0.3 is 12.0 Å². The standard InChI is InChI=1S/C14H15FN2O4/c15-10-3-1-9(2-4-10)7-8-17-13(20)11(16-14(17)21)5-6-12(18)19/h1-4,11H,5-8H2,(H,16,21)(H,18,19)/t11-/m0/s1. The number of hydrogen-bond acceptors (Lipinski definition) is 3. The highest BCUT2D eigenvalue weighted by molar-refractivity contribution is 6.04. The monoisotopic (exact) mass is 294 g/mol. The molecular weight excluding hydrogens is 279 g/mol. The highest BCUT2D eigenvalue weighted by Crippen LogP contribution is 2.13. The third kappa shape index (κ3) is 3.77. The van der Waals surface area contributed by atoms with Crippen LogP contribution in [0.2, 0.25) is 0 Å². The van der Waals surface area contributed by atoms with Crippen molar-refractivity contribution in [1.82, 2.24) is 10.2 Å². The first-order valence-electron chi connectivity index (χ1n) is 6.55. The van der Waals surface area contributed by atoms with E-state index in [9.17, 15) is 18.8 Å². The van der Waals surface area contributed by atoms with Crippen molar-refractivity contribution in [2.45, 2.75) is 25.3 Å². The average Bonchev–Trinajstić information content (AvgIpc) is 2.71. The molecule has 1 aromatic rings. The van der Waals surface area contributed by atoms with E-state index in [1.807, 2.05) is 0 Å². The Bertz CT molecular complexity index is 559. The number of imide groups is 1. The fraction of sp³-hybridized carbons (Fsp3) is 0.357. The van der Waals surface area contributed by atoms with Gasteiger partial charge in [0.15, 0.2) is 0 Å². The van der Waals surface area contributed by atoms with E-state index in [1.165, 1.54) is 12.1 Å². The fourth-order valence-electron chi connectivity index (χ4n) is 2.14. The first kappa shape index (κ1) is 15.0. The third-order valence-electron chi connectivity index (χ3n) is 3.29. The number of urea groups is 1. The van der Waals surface area contributed by atoms with E-state index in [4.69, 9.17) is 5.11 Å². The summed E-state index contributed by atoms with van der Waals surface area (Å²) in [5, 5.41) is 11.1. The second-order valence-corrected chi connectivity index (χ2v) is 4.80. The SMILES string of the molecule is O=C(O)CC[C@@H]1NC(=O)N(CCc2ccc(F)cc2)C1=O. The summed E-state index contributed by atoms with van der Waals surface area (Å²) in [5.41, 5.74) is 0.811. The van der Waals surface area contributed by atoms with Crippen molar-refractivity contribution in [3.05, 3.63) is 35.6 Å². The van der Waals surface area contributed by atoms with Crippen LogP contribution in [0.25, 0.3) is 0 Å². The topological polar surface area (TPSA) is 86.7 Å². The Kier molecular flexibility index (Phi) is 4.52. The van der Waals surface area contributed by atoms with E-state index in [2.05, 4.69) is 5.32 Å². The van der Waals surface area contributed by atoms with Crippen LogP contribution in [0.4, 0.5) is 9.18 Å². The number of nitrogens with zero attached hydrogens (tertiary/aromatic N) is 1. The Morgan fingerprint density at radius 2 is 1.95 bits per heavy atom. The van der Waals surface area contributed by atoms with E-state index in [0.717, 1.165) is 10.5 Å². The van der Waals surface area contributed by atoms with Gasteiger partial charge in [0.05, 0.1) is 0 Å². The third-order valence-corrected chi connectivity index (χ3v) is 3.29. The highest BCUT2D eigenvalue weighted by atomic mass is 19.1. The molecule has 0 saturated carbocycles. The van der Waals surface area contributed by atoms with Crippen molar-refractivity contribution >= 4 is 17.9 Å². The number of hydrogen-bond donors (Lipinski definition) is 2. The second-order valence-electron chi connectivity index (χ2n) is 4.80. The molecule has 1 saturated heterocycles. The number of nitrogens with one attached hydrogen (secondary N) is 1. The van der Waals surface area contributed by atoms with Gasteiger partial charge in [-0.1, -0.05) is 12.1 Å². The molecular formula is C14H15FN2O4. The Hall–Kier alpha value is -2.44. The van der Waals surface area contributed by atoms with Crippen LogP contribution in [0.15, 0.2) is 24.3 Å². The molecule has 112 valence electrons. The molecule has 0 unspecified atom stereocenters. The van der Waals surface area contributed by atoms with Crippen molar-refractivity contribution in [1.29, 1.82) is 0 Å². The minimum absolute atomic E-state index is 0.0763. The van der Waals surface area contributed by atoms with Crippen LogP contribution in [0, 0.1) is 5.82 Å². The molecule has 3 amide bonds. The number of aliphatic carboxylic acids is 1. The van der Waals surface area contributed by atoms with Gasteiger partial charge in [-0.3, -0.25) is 14.5 Å². The first-order chi connectivity index (χ1) is 9.97. The van der Waals surface area contributed by atoms with Crippen molar-refractivity contribution in [2.75, 3.05) is 6.54 Å². The van der Waals surface area contributed by atoms with Gasteiger partial charge in [0.1, 0.15) is 11.9 Å². The summed E-state index contributed by atoms with van der Waals surface area (Å²) in [7, 11) is 0. The van der Waals surface area contributed by atoms with Crippen LogP contribution in [0.1, 0.15) is 18.4 Å². The van der Waals surface area contributed by atoms with Crippen molar-refractivity contribution < 1.29 is 23.9 Å². The summed E-state index contributed by atoms with van der Waals surface area (Å²) >= 11 is 0. The summed E-state index contributed by atoms with van der Waals surface area (Å²) in [6.07, 6.45) is 0.320. The Morgan fingerprint density at radius 3 is 2.57 bits per heavy atom. The molecule has 21 heavy (non-hydrogen) atoms. The van der Waals surface area contributed by atoms with E-state index >= 15 is 0 Å². The zero-order valence-corrected chi connectivity index (χ0v) is 11.2. The number of amides is 3. The molecule has 1 aliphatic rings. The van der Waals surface area contributed by atoms with Crippen LogP contribution < -0.4 is 5.32 Å². The van der Waals surface area contributed by atoms with E-state index in [-0.39, 0.29) is 25.2 Å². The predicted octanol–water partition coefficient (Wildman–Crippen LogP) is 1.15. The van der Waals surface area contributed by atoms with Crippen LogP contribution in [0.5, 0.6) is 0 Å². The number of carbonyl (C=O) groups excluding carboxylic acids is 2. The van der Waals surface area contributed by atoms with Crippen LogP contribution in [0.3, 0.4) is 0 Å². The summed E-state index contributed by atoms with van der Waals surface area (Å²) in [4.78, 5) is 35.3. The summed E-state index contributed by atoms with van der Waals surface area (Å²) in [6.45, 7) is 0.180. The number of carboxylic acid groups (broad SMARTS) is 1. The van der Waals surface area contributed by atoms with Crippen LogP contribution in [-0.2, 0) is 16.0 Å². The lowest BCUT2D eigenvalue weighted by molar-refractivity contribution is -0.137. The lowest BCUT2D eigenvalue weighted by Gasteiger charge is -2.12. The Labute approximate surface area is 120 Å². The zero-order chi connectivity index (χ0) is 15.4. The van der Waals surface area contributed by atoms with Crippen LogP contribution >= 0.6 is 0 Å². The van der Waals surface area contributed by atoms with Gasteiger partial charge < -0.3 is 10.4 Å². The largest absolute Gasteiger partial charge is 0.481 e. The van der Waals surface area contributed by atoms with Gasteiger partial charge in [-0.2, -0.15) is 0 Å². The molecule has 6 nitrogen and oxygen atoms in total. The van der Waals surface area contributed by atoms with E-state index in [1.54, 1.807) is 12.1 Å². The predicted molar refractivity (Wildman–Crippen MR) is 71.0 cm³/mol. The number of rotatable bonds is 6. The molecule has 0 spiro atoms. The molecule has 1 heterocycles. The number of benzene rings is 1. The van der Waals surface area contributed by atoms with E-state index < -0.39 is 23.9 Å². The molecule has 7 heteroatoms. The molecule has 1 atom stereocenters. The maximum Gasteiger partial charge on any atom is 0.324 e. The van der Waals surface area contributed by atoms with E-state index in [0.29, 0.717) is 6.42 Å². The van der Waals surface area contributed by atoms with Crippen LogP contribution in [-0.4, -0.2) is 40.5 Å². The van der Waals surface area contributed by atoms with Gasteiger partial charge in [-0.15, -0.1) is 0 Å². The Morgan fingerprint density at radius 1 is 1.29 bits per heavy atom. The molecule has 1 aliphatic heterocycles. The maximum atomic E-state index is 12.8. The number of carbonyl (C=O) groups is 3. The molecule has 1 aromatic carbocycles. The van der Waals surface area contributed by atoms with Gasteiger partial charge in [-0.05, 0) is 30.5 Å². The molecule has 2 N–H and O–H groups in total. The molecule has 0 bridgehead atoms. The lowest BCUT2D eigenvalue weighted by Crippen LogP contribution is -2.33. The maximum absolute atomic E-state index is 12.8. The molecule has 1 fully saturated rings. The van der Waals surface area contributed by atoms with Crippen molar-refractivity contribution in [3.63, 3.8) is 0 Å². The van der Waals surface area contributed by atoms with Crippen molar-refractivity contribution in [2.24, 2.45) is 0 Å².